The molecule has 0 radical (unpaired) electrons. The molecule has 0 aliphatic carbocycles. The number of benzene rings is 2. The second-order valence-corrected chi connectivity index (χ2v) is 7.02. The van der Waals surface area contributed by atoms with Gasteiger partial charge in [-0.3, -0.25) is 9.78 Å². The minimum absolute atomic E-state index is 0.0504. The van der Waals surface area contributed by atoms with Crippen molar-refractivity contribution in [2.45, 2.75) is 31.1 Å². The van der Waals surface area contributed by atoms with Gasteiger partial charge in [-0.1, -0.05) is 66.7 Å². The van der Waals surface area contributed by atoms with Crippen LogP contribution in [0.25, 0.3) is 0 Å². The zero-order chi connectivity index (χ0) is 20.3. The van der Waals surface area contributed by atoms with Crippen LogP contribution in [0.2, 0.25) is 0 Å². The number of aromatic nitrogens is 1. The van der Waals surface area contributed by atoms with Crippen LogP contribution in [0.1, 0.15) is 47.9 Å². The molecule has 0 aliphatic heterocycles. The van der Waals surface area contributed by atoms with Crippen molar-refractivity contribution in [2.24, 2.45) is 0 Å². The van der Waals surface area contributed by atoms with Crippen LogP contribution in [-0.4, -0.2) is 29.3 Å². The first-order chi connectivity index (χ1) is 14.3. The van der Waals surface area contributed by atoms with E-state index in [9.17, 15) is 4.79 Å². The lowest BCUT2D eigenvalue weighted by Gasteiger charge is -2.23. The molecule has 150 valence electrons. The van der Waals surface area contributed by atoms with E-state index in [1.54, 1.807) is 6.20 Å². The van der Waals surface area contributed by atoms with Gasteiger partial charge in [0.15, 0.2) is 0 Å². The highest BCUT2D eigenvalue weighted by atomic mass is 16.5. The van der Waals surface area contributed by atoms with E-state index in [1.165, 1.54) is 0 Å². The maximum absolute atomic E-state index is 13.0. The summed E-state index contributed by atoms with van der Waals surface area (Å²) >= 11 is 0. The summed E-state index contributed by atoms with van der Waals surface area (Å²) in [5, 5.41) is 8.94. The Labute approximate surface area is 172 Å². The first-order valence-electron chi connectivity index (χ1n) is 10.1. The Balaban J connectivity index is 1.88. The van der Waals surface area contributed by atoms with Crippen LogP contribution in [0.5, 0.6) is 0 Å². The van der Waals surface area contributed by atoms with Crippen LogP contribution in [0.3, 0.4) is 0 Å². The van der Waals surface area contributed by atoms with Crippen molar-refractivity contribution in [3.63, 3.8) is 0 Å². The number of ether oxygens (including phenoxy) is 1. The van der Waals surface area contributed by atoms with Gasteiger partial charge in [0.25, 0.3) is 0 Å². The molecule has 0 amide bonds. The molecule has 1 atom stereocenters. The van der Waals surface area contributed by atoms with Crippen LogP contribution in [-0.2, 0) is 9.53 Å². The molecule has 0 bridgehead atoms. The van der Waals surface area contributed by atoms with Crippen molar-refractivity contribution in [2.75, 3.05) is 13.2 Å². The number of pyridine rings is 1. The van der Waals surface area contributed by atoms with E-state index in [0.29, 0.717) is 25.9 Å². The van der Waals surface area contributed by atoms with E-state index in [1.807, 2.05) is 54.6 Å². The summed E-state index contributed by atoms with van der Waals surface area (Å²) in [6.45, 7) is 0.412. The number of aliphatic hydroxyl groups is 1. The van der Waals surface area contributed by atoms with E-state index in [4.69, 9.17) is 9.84 Å². The quantitative estimate of drug-likeness (QED) is 0.403. The third-order valence-corrected chi connectivity index (χ3v) is 5.00. The first kappa shape index (κ1) is 20.7. The monoisotopic (exact) mass is 389 g/mol. The highest BCUT2D eigenvalue weighted by Crippen LogP contribution is 2.35. The molecule has 1 N–H and O–H groups in total. The van der Waals surface area contributed by atoms with Gasteiger partial charge < -0.3 is 9.84 Å². The number of esters is 1. The molecule has 1 unspecified atom stereocenters. The zero-order valence-electron chi connectivity index (χ0n) is 16.5. The summed E-state index contributed by atoms with van der Waals surface area (Å²) in [5.74, 6) is -0.677. The van der Waals surface area contributed by atoms with Crippen molar-refractivity contribution in [3.05, 3.63) is 102 Å². The van der Waals surface area contributed by atoms with Crippen molar-refractivity contribution in [1.29, 1.82) is 0 Å². The van der Waals surface area contributed by atoms with Gasteiger partial charge in [-0.05, 0) is 42.5 Å². The van der Waals surface area contributed by atoms with Gasteiger partial charge in [-0.25, -0.2) is 0 Å². The first-order valence-corrected chi connectivity index (χ1v) is 10.1. The van der Waals surface area contributed by atoms with Crippen LogP contribution in [0.4, 0.5) is 0 Å². The molecular formula is C25H27NO3. The Morgan fingerprint density at radius 3 is 2.03 bits per heavy atom. The second-order valence-electron chi connectivity index (χ2n) is 7.02. The Bertz CT molecular complexity index is 814. The molecule has 1 aromatic heterocycles. The predicted molar refractivity (Wildman–Crippen MR) is 114 cm³/mol. The Kier molecular flexibility index (Phi) is 7.96. The van der Waals surface area contributed by atoms with Crippen LogP contribution in [0.15, 0.2) is 85.1 Å². The fraction of sp³-hybridized carbons (Fsp3) is 0.280. The number of carbonyl (C=O) groups excluding carboxylic acids is 1. The fourth-order valence-corrected chi connectivity index (χ4v) is 3.48. The standard InChI is InChI=1S/C25H27NO3/c27-17-9-10-18-29-25(28)23(24-15-7-8-16-26-24)19-22(20-11-3-1-4-12-20)21-13-5-2-6-14-21/h1-8,11-16,22-23,27H,9-10,17-19H2. The van der Waals surface area contributed by atoms with Crippen LogP contribution < -0.4 is 0 Å². The smallest absolute Gasteiger partial charge is 0.315 e. The van der Waals surface area contributed by atoms with Gasteiger partial charge in [0.05, 0.1) is 18.2 Å². The van der Waals surface area contributed by atoms with Gasteiger partial charge in [0.2, 0.25) is 0 Å². The van der Waals surface area contributed by atoms with Crippen LogP contribution >= 0.6 is 0 Å². The summed E-state index contributed by atoms with van der Waals surface area (Å²) in [7, 11) is 0. The lowest BCUT2D eigenvalue weighted by atomic mass is 9.82. The van der Waals surface area contributed by atoms with E-state index in [2.05, 4.69) is 29.2 Å². The summed E-state index contributed by atoms with van der Waals surface area (Å²) < 4.78 is 5.54. The van der Waals surface area contributed by atoms with Gasteiger partial charge in [-0.2, -0.15) is 0 Å². The van der Waals surface area contributed by atoms with Crippen LogP contribution in [0, 0.1) is 0 Å². The molecule has 0 saturated heterocycles. The van der Waals surface area contributed by atoms with Gasteiger partial charge in [0, 0.05) is 18.7 Å². The van der Waals surface area contributed by atoms with E-state index >= 15 is 0 Å². The Morgan fingerprint density at radius 2 is 1.48 bits per heavy atom. The number of hydrogen-bond acceptors (Lipinski definition) is 4. The predicted octanol–water partition coefficient (Wildman–Crippen LogP) is 4.70. The largest absolute Gasteiger partial charge is 0.465 e. The summed E-state index contributed by atoms with van der Waals surface area (Å²) in [6, 6.07) is 26.1. The number of unbranched alkanes of at least 4 members (excludes halogenated alkanes) is 1. The average molecular weight is 389 g/mol. The van der Waals surface area contributed by atoms with Crippen molar-refractivity contribution < 1.29 is 14.6 Å². The lowest BCUT2D eigenvalue weighted by molar-refractivity contribution is -0.146. The molecule has 0 saturated carbocycles. The normalized spacial score (nSPS) is 11.9. The van der Waals surface area contributed by atoms with Gasteiger partial charge in [-0.15, -0.1) is 0 Å². The molecular weight excluding hydrogens is 362 g/mol. The minimum atomic E-state index is -0.462. The second kappa shape index (κ2) is 11.1. The van der Waals surface area contributed by atoms with Gasteiger partial charge >= 0.3 is 5.97 Å². The Morgan fingerprint density at radius 1 is 0.862 bits per heavy atom. The molecule has 1 heterocycles. The SMILES string of the molecule is O=C(OCCCCO)C(CC(c1ccccc1)c1ccccc1)c1ccccn1. The number of carbonyl (C=O) groups is 1. The maximum Gasteiger partial charge on any atom is 0.315 e. The average Bonchev–Trinajstić information content (AvgIpc) is 2.79. The third-order valence-electron chi connectivity index (χ3n) is 5.00. The highest BCUT2D eigenvalue weighted by molar-refractivity contribution is 5.77. The summed E-state index contributed by atoms with van der Waals surface area (Å²) in [6.07, 6.45) is 3.56. The number of hydrogen-bond donors (Lipinski definition) is 1. The summed E-state index contributed by atoms with van der Waals surface area (Å²) in [4.78, 5) is 17.4. The fourth-order valence-electron chi connectivity index (χ4n) is 3.48. The molecule has 2 aromatic carbocycles. The third kappa shape index (κ3) is 6.00. The molecule has 0 spiro atoms. The molecule has 4 nitrogen and oxygen atoms in total. The van der Waals surface area contributed by atoms with E-state index in [-0.39, 0.29) is 18.5 Å². The van der Waals surface area contributed by atoms with E-state index < -0.39 is 5.92 Å². The molecule has 3 rings (SSSR count). The van der Waals surface area contributed by atoms with Gasteiger partial charge in [0.1, 0.15) is 0 Å². The van der Waals surface area contributed by atoms with Crippen molar-refractivity contribution in [3.8, 4) is 0 Å². The van der Waals surface area contributed by atoms with Crippen molar-refractivity contribution >= 4 is 5.97 Å². The molecule has 3 aromatic rings. The van der Waals surface area contributed by atoms with Crippen molar-refractivity contribution in [1.82, 2.24) is 4.98 Å². The number of aliphatic hydroxyl groups excluding tert-OH is 1. The maximum atomic E-state index is 13.0. The Hall–Kier alpha value is -2.98. The zero-order valence-corrected chi connectivity index (χ0v) is 16.5. The lowest BCUT2D eigenvalue weighted by Crippen LogP contribution is -2.21. The number of rotatable bonds is 10. The molecule has 29 heavy (non-hydrogen) atoms. The number of nitrogens with zero attached hydrogens (tertiary/aromatic N) is 1. The molecule has 0 fully saturated rings. The minimum Gasteiger partial charge on any atom is -0.465 e. The molecule has 0 aliphatic rings. The molecule has 4 heteroatoms. The highest BCUT2D eigenvalue weighted by Gasteiger charge is 2.28. The summed E-state index contributed by atoms with van der Waals surface area (Å²) in [5.41, 5.74) is 3.04. The topological polar surface area (TPSA) is 59.4 Å². The van der Waals surface area contributed by atoms with E-state index in [0.717, 1.165) is 16.8 Å².